The Labute approximate surface area is 195 Å². The Balaban J connectivity index is 1.26. The van der Waals surface area contributed by atoms with Gasteiger partial charge in [0.15, 0.2) is 0 Å². The highest BCUT2D eigenvalue weighted by atomic mass is 35.5. The smallest absolute Gasteiger partial charge is 0.119 e. The second-order valence-electron chi connectivity index (χ2n) is 8.55. The maximum Gasteiger partial charge on any atom is 0.119 e. The fourth-order valence-electron chi connectivity index (χ4n) is 4.80. The van der Waals surface area contributed by atoms with Gasteiger partial charge in [0.2, 0.25) is 0 Å². The highest BCUT2D eigenvalue weighted by Crippen LogP contribution is 2.48. The van der Waals surface area contributed by atoms with Gasteiger partial charge in [-0.15, -0.1) is 11.3 Å². The van der Waals surface area contributed by atoms with Gasteiger partial charge in [-0.3, -0.25) is 4.98 Å². The highest BCUT2D eigenvalue weighted by Gasteiger charge is 2.47. The summed E-state index contributed by atoms with van der Waals surface area (Å²) < 4.78 is 5.84. The predicted octanol–water partition coefficient (Wildman–Crippen LogP) is 5.79. The molecule has 1 saturated heterocycles. The van der Waals surface area contributed by atoms with E-state index in [9.17, 15) is 0 Å². The van der Waals surface area contributed by atoms with E-state index in [1.165, 1.54) is 11.8 Å². The van der Waals surface area contributed by atoms with Gasteiger partial charge in [-0.05, 0) is 38.7 Å². The number of benzene rings is 1. The van der Waals surface area contributed by atoms with E-state index in [4.69, 9.17) is 27.1 Å². The topological polar surface area (TPSA) is 73.9 Å². The van der Waals surface area contributed by atoms with Gasteiger partial charge in [-0.25, -0.2) is 9.97 Å². The summed E-state index contributed by atoms with van der Waals surface area (Å²) in [7, 11) is 0. The number of nitrogens with zero attached hydrogens (tertiary/aromatic N) is 3. The van der Waals surface area contributed by atoms with E-state index < -0.39 is 0 Å². The van der Waals surface area contributed by atoms with Gasteiger partial charge in [0.05, 0.1) is 47.0 Å². The van der Waals surface area contributed by atoms with Crippen molar-refractivity contribution in [3.05, 3.63) is 52.2 Å². The van der Waals surface area contributed by atoms with Crippen LogP contribution in [-0.2, 0) is 4.74 Å². The van der Waals surface area contributed by atoms with Crippen LogP contribution in [0.3, 0.4) is 0 Å². The molecule has 0 amide bonds. The molecule has 2 atom stereocenters. The van der Waals surface area contributed by atoms with Crippen molar-refractivity contribution in [3.8, 4) is 11.3 Å². The number of rotatable bonds is 4. The van der Waals surface area contributed by atoms with Crippen LogP contribution >= 0.6 is 34.7 Å². The Morgan fingerprint density at radius 1 is 1.19 bits per heavy atom. The van der Waals surface area contributed by atoms with Crippen molar-refractivity contribution in [2.45, 2.75) is 60.6 Å². The lowest BCUT2D eigenvalue weighted by Gasteiger charge is -2.39. The molecule has 2 aromatic heterocycles. The zero-order chi connectivity index (χ0) is 21.4. The van der Waals surface area contributed by atoms with Crippen LogP contribution in [0.15, 0.2) is 51.4 Å². The van der Waals surface area contributed by atoms with Crippen LogP contribution in [0.2, 0.25) is 5.02 Å². The first-order valence-corrected chi connectivity index (χ1v) is 12.7. The quantitative estimate of drug-likeness (QED) is 0.517. The number of hydrogen-bond donors (Lipinski definition) is 1. The largest absolute Gasteiger partial charge is 0.376 e. The maximum absolute atomic E-state index is 6.66. The molecule has 1 aliphatic heterocycles. The summed E-state index contributed by atoms with van der Waals surface area (Å²) in [5.74, 6) is 0.442. The van der Waals surface area contributed by atoms with Crippen molar-refractivity contribution in [2.75, 3.05) is 6.61 Å². The summed E-state index contributed by atoms with van der Waals surface area (Å²) in [5, 5.41) is 3.55. The van der Waals surface area contributed by atoms with Crippen LogP contribution < -0.4 is 5.73 Å². The number of hydrogen-bond acceptors (Lipinski definition) is 7. The molecule has 8 heteroatoms. The minimum Gasteiger partial charge on any atom is -0.376 e. The first kappa shape index (κ1) is 21.3. The molecule has 31 heavy (non-hydrogen) atoms. The van der Waals surface area contributed by atoms with Crippen LogP contribution in [0, 0.1) is 5.41 Å². The molecule has 162 valence electrons. The molecule has 1 aromatic carbocycles. The fourth-order valence-corrected chi connectivity index (χ4v) is 6.47. The number of aromatic nitrogens is 3. The fraction of sp³-hybridized carbons (Fsp3) is 0.435. The van der Waals surface area contributed by atoms with Gasteiger partial charge in [0.25, 0.3) is 0 Å². The van der Waals surface area contributed by atoms with E-state index in [2.05, 4.69) is 16.9 Å². The molecule has 3 heterocycles. The lowest BCUT2D eigenvalue weighted by Crippen LogP contribution is -2.45. The minimum atomic E-state index is 0.142. The summed E-state index contributed by atoms with van der Waals surface area (Å²) in [4.78, 5) is 14.8. The molecule has 1 aliphatic carbocycles. The lowest BCUT2D eigenvalue weighted by molar-refractivity contribution is 0.0895. The Hall–Kier alpha value is -1.51. The molecule has 0 unspecified atom stereocenters. The minimum absolute atomic E-state index is 0.142. The second kappa shape index (κ2) is 8.79. The van der Waals surface area contributed by atoms with Gasteiger partial charge < -0.3 is 10.5 Å². The average Bonchev–Trinajstić information content (AvgIpc) is 3.42. The Kier molecular flexibility index (Phi) is 6.05. The zero-order valence-corrected chi connectivity index (χ0v) is 19.7. The molecule has 5 rings (SSSR count). The molecule has 3 aromatic rings. The van der Waals surface area contributed by atoms with E-state index in [0.717, 1.165) is 59.2 Å². The van der Waals surface area contributed by atoms with Crippen molar-refractivity contribution < 1.29 is 4.74 Å². The van der Waals surface area contributed by atoms with Crippen molar-refractivity contribution in [1.29, 1.82) is 0 Å². The molecular weight excluding hydrogens is 448 g/mol. The molecule has 0 bridgehead atoms. The molecular formula is C23H25ClN4OS2. The first-order chi connectivity index (χ1) is 15.1. The van der Waals surface area contributed by atoms with E-state index in [0.29, 0.717) is 10.9 Å². The van der Waals surface area contributed by atoms with Crippen LogP contribution in [0.1, 0.15) is 44.2 Å². The summed E-state index contributed by atoms with van der Waals surface area (Å²) in [6.45, 7) is 2.89. The number of thiazole rings is 1. The van der Waals surface area contributed by atoms with Crippen LogP contribution in [0.25, 0.3) is 11.3 Å². The first-order valence-electron chi connectivity index (χ1n) is 10.6. The summed E-state index contributed by atoms with van der Waals surface area (Å²) >= 11 is 9.75. The standard InChI is InChI=1S/C23H25ClN4OS2/c1-14-22(25)23(12-29-14)7-5-15(6-8-23)17-9-27-20(10-26-17)31-19-4-2-3-16(21(19)24)18-11-30-13-28-18/h2-4,9-11,13-15,22H,5-8,12,25H2,1H3/t14-,15?,22+,23?/m0/s1. The van der Waals surface area contributed by atoms with Gasteiger partial charge in [0, 0.05) is 33.2 Å². The van der Waals surface area contributed by atoms with Crippen molar-refractivity contribution in [1.82, 2.24) is 15.0 Å². The molecule has 0 radical (unpaired) electrons. The number of nitrogens with two attached hydrogens (primary N) is 1. The second-order valence-corrected chi connectivity index (χ2v) is 10.7. The van der Waals surface area contributed by atoms with Gasteiger partial charge in [-0.1, -0.05) is 35.5 Å². The summed E-state index contributed by atoms with van der Waals surface area (Å²) in [6.07, 6.45) is 8.33. The van der Waals surface area contributed by atoms with E-state index in [1.54, 1.807) is 11.3 Å². The van der Waals surface area contributed by atoms with Crippen molar-refractivity contribution in [2.24, 2.45) is 11.1 Å². The molecule has 2 fully saturated rings. The average molecular weight is 473 g/mol. The lowest BCUT2D eigenvalue weighted by atomic mass is 9.66. The third-order valence-corrected chi connectivity index (χ3v) is 8.87. The van der Waals surface area contributed by atoms with E-state index in [-0.39, 0.29) is 17.6 Å². The molecule has 2 aliphatic rings. The molecule has 1 saturated carbocycles. The van der Waals surface area contributed by atoms with Crippen molar-refractivity contribution in [3.63, 3.8) is 0 Å². The van der Waals surface area contributed by atoms with Gasteiger partial charge in [0.1, 0.15) is 5.03 Å². The van der Waals surface area contributed by atoms with Gasteiger partial charge >= 0.3 is 0 Å². The van der Waals surface area contributed by atoms with Crippen LogP contribution in [0.5, 0.6) is 0 Å². The predicted molar refractivity (Wildman–Crippen MR) is 126 cm³/mol. The SMILES string of the molecule is C[C@@H]1OCC2(CCC(c3cnc(Sc4cccc(-c5cscn5)c4Cl)cn3)CC2)[C@@H]1N. The van der Waals surface area contributed by atoms with E-state index >= 15 is 0 Å². The Bertz CT molecular complexity index is 1040. The molecule has 5 nitrogen and oxygen atoms in total. The van der Waals surface area contributed by atoms with Crippen LogP contribution in [-0.4, -0.2) is 33.7 Å². The Morgan fingerprint density at radius 3 is 2.68 bits per heavy atom. The number of ether oxygens (including phenoxy) is 1. The third-order valence-electron chi connectivity index (χ3n) is 6.78. The van der Waals surface area contributed by atoms with E-state index in [1.807, 2.05) is 41.5 Å². The highest BCUT2D eigenvalue weighted by molar-refractivity contribution is 7.99. The zero-order valence-electron chi connectivity index (χ0n) is 17.3. The maximum atomic E-state index is 6.66. The Morgan fingerprint density at radius 2 is 2.03 bits per heavy atom. The number of halogens is 1. The van der Waals surface area contributed by atoms with Gasteiger partial charge in [-0.2, -0.15) is 0 Å². The molecule has 1 spiro atoms. The third kappa shape index (κ3) is 4.14. The molecule has 2 N–H and O–H groups in total. The normalized spacial score (nSPS) is 28.3. The van der Waals surface area contributed by atoms with Crippen molar-refractivity contribution >= 4 is 34.7 Å². The summed E-state index contributed by atoms with van der Waals surface area (Å²) in [6, 6.07) is 6.14. The monoisotopic (exact) mass is 472 g/mol. The summed E-state index contributed by atoms with van der Waals surface area (Å²) in [5.41, 5.74) is 11.3. The van der Waals surface area contributed by atoms with Crippen LogP contribution in [0.4, 0.5) is 0 Å².